The van der Waals surface area contributed by atoms with Crippen molar-refractivity contribution in [3.05, 3.63) is 33.3 Å². The van der Waals surface area contributed by atoms with Crippen LogP contribution in [-0.4, -0.2) is 31.8 Å². The van der Waals surface area contributed by atoms with Crippen molar-refractivity contribution >= 4 is 29.1 Å². The zero-order valence-corrected chi connectivity index (χ0v) is 12.3. The molecule has 0 radical (unpaired) electrons. The van der Waals surface area contributed by atoms with Gasteiger partial charge < -0.3 is 14.8 Å². The molecule has 2 atom stereocenters. The molecule has 3 rings (SSSR count). The number of carbonyl (C=O) groups is 1. The van der Waals surface area contributed by atoms with Crippen LogP contribution in [0.4, 0.5) is 0 Å². The number of hydrogen-bond acceptors (Lipinski definition) is 3. The molecule has 0 unspecified atom stereocenters. The number of fused-ring (bicyclic) bond motifs is 1. The van der Waals surface area contributed by atoms with Gasteiger partial charge in [-0.1, -0.05) is 29.3 Å². The molecule has 6 heteroatoms. The van der Waals surface area contributed by atoms with Crippen molar-refractivity contribution in [1.29, 1.82) is 0 Å². The molecule has 1 N–H and O–H groups in total. The second-order valence-corrected chi connectivity index (χ2v) is 5.75. The lowest BCUT2D eigenvalue weighted by molar-refractivity contribution is -0.148. The number of hydrogen-bond donors (Lipinski definition) is 1. The van der Waals surface area contributed by atoms with Gasteiger partial charge in [-0.15, -0.1) is 0 Å². The van der Waals surface area contributed by atoms with Crippen LogP contribution in [0.5, 0.6) is 0 Å². The summed E-state index contributed by atoms with van der Waals surface area (Å²) in [5, 5.41) is 4.16. The Morgan fingerprint density at radius 2 is 2.15 bits per heavy atom. The smallest absolute Gasteiger partial charge is 0.252 e. The zero-order valence-electron chi connectivity index (χ0n) is 10.8. The first-order valence-corrected chi connectivity index (χ1v) is 7.39. The summed E-state index contributed by atoms with van der Waals surface area (Å²) < 4.78 is 10.6. The molecule has 1 saturated heterocycles. The summed E-state index contributed by atoms with van der Waals surface area (Å²) in [7, 11) is 0. The minimum atomic E-state index is -0.518. The van der Waals surface area contributed by atoms with E-state index in [-0.39, 0.29) is 11.9 Å². The maximum Gasteiger partial charge on any atom is 0.252 e. The highest BCUT2D eigenvalue weighted by atomic mass is 35.5. The first kappa shape index (κ1) is 14.1. The summed E-state index contributed by atoms with van der Waals surface area (Å²) in [5.41, 5.74) is 2.08. The van der Waals surface area contributed by atoms with Crippen molar-refractivity contribution in [2.45, 2.75) is 25.0 Å². The third-order valence-corrected chi connectivity index (χ3v) is 4.56. The Morgan fingerprint density at radius 1 is 1.30 bits per heavy atom. The summed E-state index contributed by atoms with van der Waals surface area (Å²) in [4.78, 5) is 12.1. The molecule has 0 bridgehead atoms. The molecule has 1 aliphatic carbocycles. The number of nitrogens with one attached hydrogen (secondary N) is 1. The summed E-state index contributed by atoms with van der Waals surface area (Å²) >= 11 is 12.2. The standard InChI is InChI=1S/C14H15Cl2NO3/c15-10-3-1-8-9(13(10)16)2-4-11(8)17-14(18)12-7-19-5-6-20-12/h1,3,11-12H,2,4-7H2,(H,17,18)/t11-,12-/m1/s1. The van der Waals surface area contributed by atoms with Crippen LogP contribution >= 0.6 is 23.2 Å². The lowest BCUT2D eigenvalue weighted by Crippen LogP contribution is -2.43. The van der Waals surface area contributed by atoms with Gasteiger partial charge in [-0.25, -0.2) is 0 Å². The van der Waals surface area contributed by atoms with Gasteiger partial charge in [-0.2, -0.15) is 0 Å². The van der Waals surface area contributed by atoms with Crippen LogP contribution < -0.4 is 5.32 Å². The Balaban J connectivity index is 1.72. The van der Waals surface area contributed by atoms with Crippen LogP contribution in [0, 0.1) is 0 Å². The topological polar surface area (TPSA) is 47.6 Å². The van der Waals surface area contributed by atoms with Gasteiger partial charge in [0, 0.05) is 0 Å². The molecular formula is C14H15Cl2NO3. The highest BCUT2D eigenvalue weighted by Crippen LogP contribution is 2.39. The summed E-state index contributed by atoms with van der Waals surface area (Å²) in [6.45, 7) is 1.32. The Labute approximate surface area is 127 Å². The molecule has 4 nitrogen and oxygen atoms in total. The van der Waals surface area contributed by atoms with Crippen molar-refractivity contribution in [1.82, 2.24) is 5.32 Å². The first-order chi connectivity index (χ1) is 9.66. The minimum Gasteiger partial charge on any atom is -0.376 e. The Kier molecular flexibility index (Phi) is 4.17. The van der Waals surface area contributed by atoms with E-state index in [1.165, 1.54) is 0 Å². The van der Waals surface area contributed by atoms with E-state index >= 15 is 0 Å². The van der Waals surface area contributed by atoms with Gasteiger partial charge >= 0.3 is 0 Å². The quantitative estimate of drug-likeness (QED) is 0.912. The van der Waals surface area contributed by atoms with Crippen molar-refractivity contribution < 1.29 is 14.3 Å². The van der Waals surface area contributed by atoms with E-state index < -0.39 is 6.10 Å². The SMILES string of the molecule is O=C(N[C@@H]1CCc2c1ccc(Cl)c2Cl)[C@H]1COCCO1. The fraction of sp³-hybridized carbons (Fsp3) is 0.500. The van der Waals surface area contributed by atoms with E-state index in [2.05, 4.69) is 5.32 Å². The van der Waals surface area contributed by atoms with Gasteiger partial charge in [-0.3, -0.25) is 4.79 Å². The van der Waals surface area contributed by atoms with Crippen LogP contribution in [0.25, 0.3) is 0 Å². The average molecular weight is 316 g/mol. The van der Waals surface area contributed by atoms with Gasteiger partial charge in [0.05, 0.1) is 35.9 Å². The number of ether oxygens (including phenoxy) is 2. The molecule has 2 aliphatic rings. The van der Waals surface area contributed by atoms with E-state index in [0.29, 0.717) is 29.9 Å². The molecule has 1 fully saturated rings. The van der Waals surface area contributed by atoms with E-state index in [9.17, 15) is 4.79 Å². The van der Waals surface area contributed by atoms with E-state index in [0.717, 1.165) is 24.0 Å². The Hall–Kier alpha value is -0.810. The molecule has 108 valence electrons. The van der Waals surface area contributed by atoms with Crippen molar-refractivity contribution in [3.63, 3.8) is 0 Å². The minimum absolute atomic E-state index is 0.0298. The fourth-order valence-corrected chi connectivity index (χ4v) is 3.13. The summed E-state index contributed by atoms with van der Waals surface area (Å²) in [6, 6.07) is 3.67. The third kappa shape index (κ3) is 2.66. The maximum atomic E-state index is 12.1. The Morgan fingerprint density at radius 3 is 2.90 bits per heavy atom. The third-order valence-electron chi connectivity index (χ3n) is 3.72. The maximum absolute atomic E-state index is 12.1. The van der Waals surface area contributed by atoms with Crippen molar-refractivity contribution in [2.75, 3.05) is 19.8 Å². The molecule has 20 heavy (non-hydrogen) atoms. The van der Waals surface area contributed by atoms with Gasteiger partial charge in [0.25, 0.3) is 5.91 Å². The molecule has 1 heterocycles. The molecule has 1 amide bonds. The highest BCUT2D eigenvalue weighted by Gasteiger charge is 2.30. The monoisotopic (exact) mass is 315 g/mol. The predicted molar refractivity (Wildman–Crippen MR) is 76.2 cm³/mol. The highest BCUT2D eigenvalue weighted by molar-refractivity contribution is 6.42. The largest absolute Gasteiger partial charge is 0.376 e. The Bertz CT molecular complexity index is 529. The van der Waals surface area contributed by atoms with E-state index in [1.54, 1.807) is 6.07 Å². The molecule has 0 saturated carbocycles. The first-order valence-electron chi connectivity index (χ1n) is 6.63. The normalized spacial score (nSPS) is 25.3. The number of amides is 1. The summed E-state index contributed by atoms with van der Waals surface area (Å²) in [5.74, 6) is -0.131. The van der Waals surface area contributed by atoms with E-state index in [4.69, 9.17) is 32.7 Å². The summed E-state index contributed by atoms with van der Waals surface area (Å²) in [6.07, 6.45) is 1.13. The van der Waals surface area contributed by atoms with Crippen molar-refractivity contribution in [3.8, 4) is 0 Å². The van der Waals surface area contributed by atoms with Gasteiger partial charge in [0.2, 0.25) is 0 Å². The lowest BCUT2D eigenvalue weighted by Gasteiger charge is -2.24. The van der Waals surface area contributed by atoms with Gasteiger partial charge in [-0.05, 0) is 30.0 Å². The fourth-order valence-electron chi connectivity index (χ4n) is 2.69. The van der Waals surface area contributed by atoms with Crippen LogP contribution in [0.3, 0.4) is 0 Å². The van der Waals surface area contributed by atoms with Crippen molar-refractivity contribution in [2.24, 2.45) is 0 Å². The zero-order chi connectivity index (χ0) is 14.1. The number of carbonyl (C=O) groups excluding carboxylic acids is 1. The van der Waals surface area contributed by atoms with Crippen LogP contribution in [0.1, 0.15) is 23.6 Å². The molecule has 1 aliphatic heterocycles. The van der Waals surface area contributed by atoms with Crippen LogP contribution in [0.2, 0.25) is 10.0 Å². The van der Waals surface area contributed by atoms with E-state index in [1.807, 2.05) is 6.07 Å². The number of benzene rings is 1. The molecule has 1 aromatic carbocycles. The average Bonchev–Trinajstić information content (AvgIpc) is 2.87. The molecule has 1 aromatic rings. The number of halogens is 2. The van der Waals surface area contributed by atoms with Gasteiger partial charge in [0.1, 0.15) is 0 Å². The second-order valence-electron chi connectivity index (χ2n) is 4.96. The molecule has 0 aromatic heterocycles. The molecular weight excluding hydrogens is 301 g/mol. The van der Waals surface area contributed by atoms with Crippen LogP contribution in [-0.2, 0) is 20.7 Å². The lowest BCUT2D eigenvalue weighted by atomic mass is 10.1. The van der Waals surface area contributed by atoms with Gasteiger partial charge in [0.15, 0.2) is 6.10 Å². The second kappa shape index (κ2) is 5.90. The predicted octanol–water partition coefficient (Wildman–Crippen LogP) is 2.51. The van der Waals surface area contributed by atoms with Crippen LogP contribution in [0.15, 0.2) is 12.1 Å². The number of rotatable bonds is 2. The molecule has 0 spiro atoms.